The Morgan fingerprint density at radius 1 is 1.19 bits per heavy atom. The first kappa shape index (κ1) is 13.5. The molecule has 0 aliphatic carbocycles. The first-order valence-corrected chi connectivity index (χ1v) is 7.61. The number of hydrogen-bond donors (Lipinski definition) is 0. The van der Waals surface area contributed by atoms with Crippen LogP contribution in [0.15, 0.2) is 29.2 Å². The van der Waals surface area contributed by atoms with Crippen molar-refractivity contribution in [1.29, 1.82) is 0 Å². The summed E-state index contributed by atoms with van der Waals surface area (Å²) in [6.07, 6.45) is 3.68. The van der Waals surface area contributed by atoms with Gasteiger partial charge in [0.2, 0.25) is 0 Å². The number of hydrogen-bond acceptors (Lipinski definition) is 3. The molecule has 2 nitrogen and oxygen atoms in total. The van der Waals surface area contributed by atoms with Crippen molar-refractivity contribution in [3.05, 3.63) is 35.0 Å². The molecule has 0 atom stereocenters. The first-order valence-electron chi connectivity index (χ1n) is 5.05. The summed E-state index contributed by atoms with van der Waals surface area (Å²) in [7, 11) is 3.43. The van der Waals surface area contributed by atoms with Gasteiger partial charge in [0, 0.05) is 31.2 Å². The number of rotatable bonds is 3. The van der Waals surface area contributed by atoms with Gasteiger partial charge in [-0.3, -0.25) is 0 Å². The van der Waals surface area contributed by atoms with Crippen LogP contribution in [0.1, 0.15) is 26.3 Å². The van der Waals surface area contributed by atoms with Crippen LogP contribution in [0.3, 0.4) is 0 Å². The largest absolute Gasteiger partial charge is 0.623 e. The maximum Gasteiger partial charge on any atom is 0.182 e. The van der Waals surface area contributed by atoms with E-state index in [4.69, 9.17) is 0 Å². The highest BCUT2D eigenvalue weighted by atomic mass is 33.1. The van der Waals surface area contributed by atoms with E-state index >= 15 is 0 Å². The molecule has 0 amide bonds. The van der Waals surface area contributed by atoms with Crippen molar-refractivity contribution in [3.63, 3.8) is 0 Å². The summed E-state index contributed by atoms with van der Waals surface area (Å²) in [5.41, 5.74) is 0.558. The van der Waals surface area contributed by atoms with Crippen LogP contribution in [-0.4, -0.2) is 22.7 Å². The molecule has 0 spiro atoms. The fourth-order valence-electron chi connectivity index (χ4n) is 1.03. The molecule has 0 aliphatic heterocycles. The van der Waals surface area contributed by atoms with Gasteiger partial charge in [-0.1, -0.05) is 21.6 Å². The average Bonchev–Trinajstić information content (AvgIpc) is 2.20. The zero-order chi connectivity index (χ0) is 12.2. The highest BCUT2D eigenvalue weighted by Gasteiger charge is 2.17. The predicted octanol–water partition coefficient (Wildman–Crippen LogP) is 3.78. The summed E-state index contributed by atoms with van der Waals surface area (Å²) in [6, 6.07) is 8.00. The van der Waals surface area contributed by atoms with Crippen LogP contribution in [0.4, 0.5) is 0 Å². The molecule has 0 saturated heterocycles. The number of nitrogens with zero attached hydrogens (tertiary/aromatic N) is 1. The molecular formula is C12H17NOS2. The van der Waals surface area contributed by atoms with Crippen LogP contribution >= 0.6 is 21.6 Å². The van der Waals surface area contributed by atoms with Crippen LogP contribution in [0, 0.1) is 5.21 Å². The third kappa shape index (κ3) is 4.10. The fourth-order valence-corrected chi connectivity index (χ4v) is 2.39. The average molecular weight is 255 g/mol. The second kappa shape index (κ2) is 5.64. The molecule has 1 aromatic rings. The van der Waals surface area contributed by atoms with Crippen molar-refractivity contribution >= 4 is 27.8 Å². The van der Waals surface area contributed by atoms with E-state index in [1.54, 1.807) is 27.8 Å². The topological polar surface area (TPSA) is 26.1 Å². The van der Waals surface area contributed by atoms with E-state index in [1.807, 2.05) is 51.3 Å². The van der Waals surface area contributed by atoms with Crippen LogP contribution in [0.2, 0.25) is 0 Å². The molecule has 0 saturated carbocycles. The Labute approximate surface area is 105 Å². The predicted molar refractivity (Wildman–Crippen MR) is 74.4 cm³/mol. The molecule has 0 fully saturated rings. The first-order chi connectivity index (χ1) is 7.43. The lowest BCUT2D eigenvalue weighted by molar-refractivity contribution is -0.530. The van der Waals surface area contributed by atoms with Crippen molar-refractivity contribution in [2.45, 2.75) is 31.2 Å². The van der Waals surface area contributed by atoms with Crippen molar-refractivity contribution < 1.29 is 4.74 Å². The van der Waals surface area contributed by atoms with E-state index in [1.165, 1.54) is 4.90 Å². The van der Waals surface area contributed by atoms with E-state index < -0.39 is 0 Å². The van der Waals surface area contributed by atoms with Gasteiger partial charge in [-0.25, -0.2) is 4.74 Å². The van der Waals surface area contributed by atoms with Crippen molar-refractivity contribution in [1.82, 2.24) is 0 Å². The molecule has 16 heavy (non-hydrogen) atoms. The lowest BCUT2D eigenvalue weighted by atomic mass is 10.1. The molecule has 0 heterocycles. The Kier molecular flexibility index (Phi) is 4.74. The molecule has 4 heteroatoms. The summed E-state index contributed by atoms with van der Waals surface area (Å²) in [5, 5.41) is 11.7. The third-order valence-electron chi connectivity index (χ3n) is 1.99. The van der Waals surface area contributed by atoms with E-state index in [0.29, 0.717) is 0 Å². The zero-order valence-corrected chi connectivity index (χ0v) is 11.7. The highest BCUT2D eigenvalue weighted by Crippen LogP contribution is 2.28. The van der Waals surface area contributed by atoms with Gasteiger partial charge in [0.1, 0.15) is 0 Å². The van der Waals surface area contributed by atoms with Gasteiger partial charge in [-0.15, -0.1) is 0 Å². The van der Waals surface area contributed by atoms with Crippen LogP contribution < -0.4 is 0 Å². The monoisotopic (exact) mass is 255 g/mol. The van der Waals surface area contributed by atoms with Crippen LogP contribution in [0.25, 0.3) is 0 Å². The molecule has 1 rings (SSSR count). The standard InChI is InChI=1S/C12H17NOS2/c1-12(2,3)13(14)9-10-5-7-11(8-6-10)16-15-4/h5-9H,1-4H3. The molecule has 0 unspecified atom stereocenters. The van der Waals surface area contributed by atoms with Gasteiger partial charge in [0.15, 0.2) is 11.8 Å². The molecule has 88 valence electrons. The highest BCUT2D eigenvalue weighted by molar-refractivity contribution is 8.76. The molecule has 0 aliphatic rings. The van der Waals surface area contributed by atoms with Crippen molar-refractivity contribution in [3.8, 4) is 0 Å². The smallest absolute Gasteiger partial charge is 0.182 e. The fraction of sp³-hybridized carbons (Fsp3) is 0.417. The lowest BCUT2D eigenvalue weighted by Gasteiger charge is -2.18. The Morgan fingerprint density at radius 3 is 2.19 bits per heavy atom. The van der Waals surface area contributed by atoms with Gasteiger partial charge in [-0.2, -0.15) is 0 Å². The summed E-state index contributed by atoms with van der Waals surface area (Å²) in [4.78, 5) is 1.21. The van der Waals surface area contributed by atoms with Gasteiger partial charge in [-0.05, 0) is 30.5 Å². The van der Waals surface area contributed by atoms with Gasteiger partial charge in [0.05, 0.1) is 0 Å². The Morgan fingerprint density at radius 2 is 1.75 bits per heavy atom. The molecule has 1 aromatic carbocycles. The van der Waals surface area contributed by atoms with Crippen molar-refractivity contribution in [2.24, 2.45) is 0 Å². The third-order valence-corrected chi connectivity index (χ3v) is 3.70. The van der Waals surface area contributed by atoms with Gasteiger partial charge < -0.3 is 5.21 Å². The molecule has 0 aromatic heterocycles. The Hall–Kier alpha value is -0.610. The SMILES string of the molecule is CSSc1ccc(C=[N+]([O-])C(C)(C)C)cc1. The summed E-state index contributed by atoms with van der Waals surface area (Å²) in [6.45, 7) is 5.69. The van der Waals surface area contributed by atoms with Crippen LogP contribution in [0.5, 0.6) is 0 Å². The Balaban J connectivity index is 2.83. The quantitative estimate of drug-likeness (QED) is 0.270. The number of hydroxylamine groups is 1. The normalized spacial score (nSPS) is 12.9. The zero-order valence-electron chi connectivity index (χ0n) is 10.1. The molecular weight excluding hydrogens is 238 g/mol. The summed E-state index contributed by atoms with van der Waals surface area (Å²) in [5.74, 6) is 0. The van der Waals surface area contributed by atoms with Gasteiger partial charge in [0.25, 0.3) is 0 Å². The van der Waals surface area contributed by atoms with Crippen molar-refractivity contribution in [2.75, 3.05) is 6.26 Å². The minimum Gasteiger partial charge on any atom is -0.623 e. The van der Waals surface area contributed by atoms with E-state index in [9.17, 15) is 5.21 Å². The van der Waals surface area contributed by atoms with E-state index in [2.05, 4.69) is 0 Å². The van der Waals surface area contributed by atoms with Crippen LogP contribution in [-0.2, 0) is 0 Å². The van der Waals surface area contributed by atoms with E-state index in [0.717, 1.165) is 10.3 Å². The Bertz CT molecular complexity index is 366. The maximum atomic E-state index is 11.7. The molecule has 0 bridgehead atoms. The maximum absolute atomic E-state index is 11.7. The second-order valence-electron chi connectivity index (χ2n) is 4.44. The minimum atomic E-state index is -0.382. The number of benzene rings is 1. The minimum absolute atomic E-state index is 0.382. The second-order valence-corrected chi connectivity index (χ2v) is 6.92. The molecule has 0 N–H and O–H groups in total. The molecule has 0 radical (unpaired) electrons. The summed E-state index contributed by atoms with van der Waals surface area (Å²) < 4.78 is 0.990. The summed E-state index contributed by atoms with van der Waals surface area (Å²) >= 11 is 0. The lowest BCUT2D eigenvalue weighted by Crippen LogP contribution is -2.29. The van der Waals surface area contributed by atoms with Gasteiger partial charge >= 0.3 is 0 Å². The van der Waals surface area contributed by atoms with E-state index in [-0.39, 0.29) is 5.54 Å².